The molecule has 1 amide bonds. The predicted molar refractivity (Wildman–Crippen MR) is 155 cm³/mol. The second kappa shape index (κ2) is 11.3. The third-order valence-corrected chi connectivity index (χ3v) is 11.4. The number of rotatable bonds is 8. The Kier molecular flexibility index (Phi) is 7.79. The Morgan fingerprint density at radius 3 is 2.43 bits per heavy atom. The molecule has 3 aliphatic rings. The third-order valence-electron chi connectivity index (χ3n) is 8.70. The lowest BCUT2D eigenvalue weighted by atomic mass is 9.51. The van der Waals surface area contributed by atoms with Gasteiger partial charge in [-0.15, -0.1) is 0 Å². The number of benzene rings is 2. The number of carbonyl (C=O) groups excluding carboxylic acids is 1. The minimum Gasteiger partial charge on any atom is -0.387 e. The van der Waals surface area contributed by atoms with Gasteiger partial charge in [-0.3, -0.25) is 9.78 Å². The molecular weight excluding hydrogens is 618 g/mol. The average Bonchev–Trinajstić information content (AvgIpc) is 3.57. The molecule has 0 radical (unpaired) electrons. The first-order chi connectivity index (χ1) is 20.9. The molecule has 2 aromatic heterocycles. The molecule has 0 aliphatic heterocycles. The molecule has 4 aromatic rings. The monoisotopic (exact) mass is 644 g/mol. The minimum absolute atomic E-state index is 0.00755. The van der Waals surface area contributed by atoms with Crippen molar-refractivity contribution in [2.75, 3.05) is 5.32 Å². The molecule has 0 spiro atoms. The molecule has 2 bridgehead atoms. The average molecular weight is 645 g/mol. The van der Waals surface area contributed by atoms with Crippen LogP contribution in [0.5, 0.6) is 0 Å². The first kappa shape index (κ1) is 30.3. The smallest absolute Gasteiger partial charge is 0.255 e. The summed E-state index contributed by atoms with van der Waals surface area (Å²) in [6.07, 6.45) is 2.10. The lowest BCUT2D eigenvalue weighted by Crippen LogP contribution is -2.68. The van der Waals surface area contributed by atoms with Gasteiger partial charge in [-0.2, -0.15) is 5.10 Å². The molecule has 10 nitrogen and oxygen atoms in total. The summed E-state index contributed by atoms with van der Waals surface area (Å²) in [5.74, 6) is -4.26. The van der Waals surface area contributed by atoms with E-state index in [1.165, 1.54) is 24.4 Å². The van der Waals surface area contributed by atoms with E-state index >= 15 is 0 Å². The molecule has 4 N–H and O–H groups in total. The number of hydrogen-bond acceptors (Lipinski definition) is 8. The number of amides is 1. The summed E-state index contributed by atoms with van der Waals surface area (Å²) in [5, 5.41) is 39.0. The fraction of sp³-hybridized carbons (Fsp3) is 0.300. The number of aliphatic hydroxyl groups excluding tert-OH is 2. The highest BCUT2D eigenvalue weighted by Crippen LogP contribution is 2.58. The number of carbonyl (C=O) groups is 1. The number of pyridine rings is 1. The Hall–Kier alpha value is -3.75. The van der Waals surface area contributed by atoms with Crippen LogP contribution in [0.4, 0.5) is 14.5 Å². The van der Waals surface area contributed by atoms with E-state index < -0.39 is 62.3 Å². The first-order valence-electron chi connectivity index (χ1n) is 13.7. The largest absolute Gasteiger partial charge is 0.387 e. The second-order valence-corrected chi connectivity index (χ2v) is 13.8. The number of fused-ring (bicyclic) bond motifs is 2. The van der Waals surface area contributed by atoms with Crippen LogP contribution < -0.4 is 5.32 Å². The van der Waals surface area contributed by atoms with Gasteiger partial charge in [-0.1, -0.05) is 11.6 Å². The highest BCUT2D eigenvalue weighted by Gasteiger charge is 2.64. The van der Waals surface area contributed by atoms with Gasteiger partial charge >= 0.3 is 0 Å². The molecule has 4 atom stereocenters. The van der Waals surface area contributed by atoms with Crippen molar-refractivity contribution in [1.82, 2.24) is 14.8 Å². The fourth-order valence-electron chi connectivity index (χ4n) is 6.29. The number of anilines is 1. The van der Waals surface area contributed by atoms with Gasteiger partial charge in [-0.05, 0) is 79.6 Å². The highest BCUT2D eigenvalue weighted by molar-refractivity contribution is 7.92. The molecule has 3 fully saturated rings. The van der Waals surface area contributed by atoms with E-state index in [0.29, 0.717) is 12.1 Å². The standard InChI is InChI=1S/C30H27ClF2N4O6S/c31-22-5-2-16(29(40)36-19-3-6-23(32)24(33)14-19)10-26(22)44(42,43)21-12-17-11-18(13-21)30(17,41)28(39)27(38)25-7-4-20(15-34-25)37-9-1-8-35-37/h1-10,14-15,17-18,21,27-28,38-39,41H,11-13H2,(H,36,40). The summed E-state index contributed by atoms with van der Waals surface area (Å²) in [5.41, 5.74) is -1.05. The summed E-state index contributed by atoms with van der Waals surface area (Å²) in [6, 6.07) is 11.4. The summed E-state index contributed by atoms with van der Waals surface area (Å²) in [7, 11) is -4.11. The molecule has 3 saturated carbocycles. The molecule has 0 saturated heterocycles. The van der Waals surface area contributed by atoms with E-state index in [2.05, 4.69) is 15.4 Å². The molecule has 4 unspecified atom stereocenters. The van der Waals surface area contributed by atoms with Crippen LogP contribution in [0.1, 0.15) is 41.4 Å². The lowest BCUT2D eigenvalue weighted by molar-refractivity contribution is -0.252. The molecule has 3 aliphatic carbocycles. The summed E-state index contributed by atoms with van der Waals surface area (Å²) < 4.78 is 55.9. The fourth-order valence-corrected chi connectivity index (χ4v) is 8.70. The van der Waals surface area contributed by atoms with Crippen LogP contribution in [-0.2, 0) is 9.84 Å². The maximum atomic E-state index is 13.7. The Morgan fingerprint density at radius 2 is 1.80 bits per heavy atom. The Morgan fingerprint density at radius 1 is 1.05 bits per heavy atom. The van der Waals surface area contributed by atoms with Crippen LogP contribution in [-0.4, -0.2) is 61.4 Å². The van der Waals surface area contributed by atoms with Crippen molar-refractivity contribution >= 4 is 33.0 Å². The Bertz CT molecular complexity index is 1810. The Labute approximate surface area is 255 Å². The van der Waals surface area contributed by atoms with Crippen LogP contribution in [0, 0.1) is 23.5 Å². The summed E-state index contributed by atoms with van der Waals surface area (Å²) >= 11 is 6.27. The number of hydrogen-bond donors (Lipinski definition) is 4. The topological polar surface area (TPSA) is 155 Å². The predicted octanol–water partition coefficient (Wildman–Crippen LogP) is 3.85. The number of aliphatic hydroxyl groups is 3. The van der Waals surface area contributed by atoms with Crippen LogP contribution in [0.15, 0.2) is 78.1 Å². The zero-order valence-electron chi connectivity index (χ0n) is 22.9. The van der Waals surface area contributed by atoms with Gasteiger partial charge in [0.1, 0.15) is 12.2 Å². The van der Waals surface area contributed by atoms with Crippen LogP contribution in [0.2, 0.25) is 5.02 Å². The van der Waals surface area contributed by atoms with Crippen molar-refractivity contribution in [2.45, 2.75) is 47.2 Å². The quantitative estimate of drug-likeness (QED) is 0.226. The van der Waals surface area contributed by atoms with Gasteiger partial charge in [0, 0.05) is 29.7 Å². The second-order valence-electron chi connectivity index (χ2n) is 11.2. The van der Waals surface area contributed by atoms with Crippen molar-refractivity contribution in [3.8, 4) is 5.69 Å². The first-order valence-corrected chi connectivity index (χ1v) is 15.7. The molecular formula is C30H27ClF2N4O6S. The maximum Gasteiger partial charge on any atom is 0.255 e. The molecule has 44 heavy (non-hydrogen) atoms. The molecule has 230 valence electrons. The van der Waals surface area contributed by atoms with Gasteiger partial charge in [0.05, 0.1) is 38.3 Å². The van der Waals surface area contributed by atoms with Gasteiger partial charge in [0.2, 0.25) is 0 Å². The number of sulfone groups is 1. The van der Waals surface area contributed by atoms with Gasteiger partial charge in [0.15, 0.2) is 21.5 Å². The number of aromatic nitrogens is 3. The zero-order chi connectivity index (χ0) is 31.4. The molecule has 2 aromatic carbocycles. The van der Waals surface area contributed by atoms with E-state index in [0.717, 1.165) is 24.3 Å². The Balaban J connectivity index is 1.17. The van der Waals surface area contributed by atoms with Crippen molar-refractivity contribution in [3.63, 3.8) is 0 Å². The lowest BCUT2D eigenvalue weighted by Gasteiger charge is -2.60. The minimum atomic E-state index is -4.11. The summed E-state index contributed by atoms with van der Waals surface area (Å²) in [6.45, 7) is 0. The van der Waals surface area contributed by atoms with E-state index in [1.807, 2.05) is 0 Å². The SMILES string of the molecule is O=C(Nc1ccc(F)c(F)c1)c1ccc(Cl)c(S(=O)(=O)C2CC3CC(C2)C3(O)C(O)C(O)c2ccc(-n3cccn3)cn2)c1. The van der Waals surface area contributed by atoms with E-state index in [-0.39, 0.29) is 39.7 Å². The van der Waals surface area contributed by atoms with Gasteiger partial charge < -0.3 is 20.6 Å². The maximum absolute atomic E-state index is 13.7. The van der Waals surface area contributed by atoms with E-state index in [1.54, 1.807) is 29.2 Å². The highest BCUT2D eigenvalue weighted by atomic mass is 35.5. The van der Waals surface area contributed by atoms with Gasteiger partial charge in [-0.25, -0.2) is 21.9 Å². The van der Waals surface area contributed by atoms with Gasteiger partial charge in [0.25, 0.3) is 5.91 Å². The van der Waals surface area contributed by atoms with E-state index in [4.69, 9.17) is 11.6 Å². The van der Waals surface area contributed by atoms with Crippen molar-refractivity contribution in [1.29, 1.82) is 0 Å². The van der Waals surface area contributed by atoms with Crippen molar-refractivity contribution in [3.05, 3.63) is 101 Å². The number of halogens is 3. The third kappa shape index (κ3) is 5.18. The molecule has 7 rings (SSSR count). The van der Waals surface area contributed by atoms with Crippen LogP contribution in [0.25, 0.3) is 5.69 Å². The van der Waals surface area contributed by atoms with E-state index in [9.17, 15) is 37.3 Å². The molecule has 14 heteroatoms. The van der Waals surface area contributed by atoms with Crippen LogP contribution in [0.3, 0.4) is 0 Å². The van der Waals surface area contributed by atoms with Crippen molar-refractivity contribution in [2.24, 2.45) is 11.8 Å². The summed E-state index contributed by atoms with van der Waals surface area (Å²) in [4.78, 5) is 16.7. The van der Waals surface area contributed by atoms with Crippen molar-refractivity contribution < 1.29 is 37.3 Å². The number of nitrogens with one attached hydrogen (secondary N) is 1. The van der Waals surface area contributed by atoms with Crippen LogP contribution >= 0.6 is 11.6 Å². The normalized spacial score (nSPS) is 24.3. The molecule has 2 heterocycles. The number of nitrogens with zero attached hydrogens (tertiary/aromatic N) is 3. The zero-order valence-corrected chi connectivity index (χ0v) is 24.5.